The topological polar surface area (TPSA) is 42.7 Å². The number of nitrogens with zero attached hydrogens (tertiary/aromatic N) is 1. The summed E-state index contributed by atoms with van der Waals surface area (Å²) in [6.07, 6.45) is 0. The van der Waals surface area contributed by atoms with Crippen LogP contribution in [-0.4, -0.2) is 37.9 Å². The lowest BCUT2D eigenvalue weighted by Gasteiger charge is -2.10. The number of fused-ring (bicyclic) bond motifs is 1. The summed E-state index contributed by atoms with van der Waals surface area (Å²) >= 11 is 0. The predicted molar refractivity (Wildman–Crippen MR) is 81.6 cm³/mol. The zero-order valence-electron chi connectivity index (χ0n) is 12.9. The molecule has 0 atom stereocenters. The summed E-state index contributed by atoms with van der Waals surface area (Å²) in [5, 5.41) is 0.891. The van der Waals surface area contributed by atoms with Crippen LogP contribution in [0.3, 0.4) is 0 Å². The molecule has 0 saturated heterocycles. The van der Waals surface area contributed by atoms with Crippen LogP contribution >= 0.6 is 0 Å². The summed E-state index contributed by atoms with van der Waals surface area (Å²) in [5.74, 6) is 1.11. The average molecular weight is 277 g/mol. The molecule has 1 aromatic heterocycles. The first kappa shape index (κ1) is 16.2. The van der Waals surface area contributed by atoms with E-state index < -0.39 is 0 Å². The molecule has 0 amide bonds. The third-order valence-corrected chi connectivity index (χ3v) is 2.64. The van der Waals surface area contributed by atoms with Gasteiger partial charge in [-0.1, -0.05) is 13.8 Å². The van der Waals surface area contributed by atoms with E-state index in [0.717, 1.165) is 17.7 Å². The molecule has 0 bridgehead atoms. The molecule has 0 aliphatic carbocycles. The molecule has 4 nitrogen and oxygen atoms in total. The lowest BCUT2D eigenvalue weighted by Crippen LogP contribution is -2.19. The monoisotopic (exact) mass is 277 g/mol. The molecule has 1 aromatic carbocycles. The molecule has 20 heavy (non-hydrogen) atoms. The zero-order valence-corrected chi connectivity index (χ0v) is 12.9. The smallest absolute Gasteiger partial charge is 0.194 e. The van der Waals surface area contributed by atoms with Gasteiger partial charge in [0.15, 0.2) is 11.5 Å². The van der Waals surface area contributed by atoms with E-state index in [1.54, 1.807) is 6.07 Å². The molecule has 2 rings (SSSR count). The maximum absolute atomic E-state index is 11.2. The third kappa shape index (κ3) is 4.38. The summed E-state index contributed by atoms with van der Waals surface area (Å²) in [6.45, 7) is 6.99. The van der Waals surface area contributed by atoms with Gasteiger partial charge < -0.3 is 14.1 Å². The van der Waals surface area contributed by atoms with Crippen molar-refractivity contribution in [3.63, 3.8) is 0 Å². The Bertz CT molecular complexity index is 558. The highest BCUT2D eigenvalue weighted by Crippen LogP contribution is 2.24. The Morgan fingerprint density at radius 1 is 1.25 bits per heavy atom. The van der Waals surface area contributed by atoms with Crippen LogP contribution in [-0.2, 0) is 0 Å². The SMILES string of the molecule is CC.CC(=O)c1cc2cc(OCCN(C)C)ccc2o1. The number of benzene rings is 1. The van der Waals surface area contributed by atoms with Gasteiger partial charge in [-0.3, -0.25) is 4.79 Å². The molecule has 0 radical (unpaired) electrons. The van der Waals surface area contributed by atoms with Crippen LogP contribution in [0, 0.1) is 0 Å². The summed E-state index contributed by atoms with van der Waals surface area (Å²) in [6, 6.07) is 7.32. The second kappa shape index (κ2) is 7.70. The highest BCUT2D eigenvalue weighted by Gasteiger charge is 2.08. The first-order valence-electron chi connectivity index (χ1n) is 6.88. The maximum Gasteiger partial charge on any atom is 0.194 e. The summed E-state index contributed by atoms with van der Waals surface area (Å²) in [5.41, 5.74) is 0.708. The quantitative estimate of drug-likeness (QED) is 0.783. The van der Waals surface area contributed by atoms with Gasteiger partial charge in [-0.2, -0.15) is 0 Å². The van der Waals surface area contributed by atoms with Gasteiger partial charge in [0.1, 0.15) is 17.9 Å². The van der Waals surface area contributed by atoms with Gasteiger partial charge in [-0.05, 0) is 38.4 Å². The molecule has 2 aromatic rings. The van der Waals surface area contributed by atoms with E-state index in [1.807, 2.05) is 46.1 Å². The molecule has 0 spiro atoms. The van der Waals surface area contributed by atoms with Crippen molar-refractivity contribution < 1.29 is 13.9 Å². The van der Waals surface area contributed by atoms with Crippen LogP contribution in [0.15, 0.2) is 28.7 Å². The number of carbonyl (C=O) groups excluding carboxylic acids is 1. The number of hydrogen-bond acceptors (Lipinski definition) is 4. The molecule has 0 aliphatic heterocycles. The number of ether oxygens (including phenoxy) is 1. The highest BCUT2D eigenvalue weighted by atomic mass is 16.5. The van der Waals surface area contributed by atoms with Crippen LogP contribution < -0.4 is 4.74 Å². The Labute approximate surface area is 120 Å². The number of carbonyl (C=O) groups is 1. The average Bonchev–Trinajstić information content (AvgIpc) is 2.84. The molecule has 0 fully saturated rings. The Balaban J connectivity index is 0.000000956. The van der Waals surface area contributed by atoms with Crippen molar-refractivity contribution in [1.29, 1.82) is 0 Å². The first-order chi connectivity index (χ1) is 9.56. The minimum absolute atomic E-state index is 0.0683. The molecular formula is C16H23NO3. The molecule has 0 saturated carbocycles. The van der Waals surface area contributed by atoms with Gasteiger partial charge in [0.05, 0.1) is 0 Å². The van der Waals surface area contributed by atoms with Crippen molar-refractivity contribution in [3.8, 4) is 5.75 Å². The summed E-state index contributed by atoms with van der Waals surface area (Å²) < 4.78 is 11.0. The van der Waals surface area contributed by atoms with E-state index in [9.17, 15) is 4.79 Å². The van der Waals surface area contributed by atoms with Gasteiger partial charge in [-0.15, -0.1) is 0 Å². The number of ketones is 1. The maximum atomic E-state index is 11.2. The summed E-state index contributed by atoms with van der Waals surface area (Å²) in [4.78, 5) is 13.3. The van der Waals surface area contributed by atoms with Gasteiger partial charge in [0, 0.05) is 18.9 Å². The Hall–Kier alpha value is -1.81. The second-order valence-corrected chi connectivity index (χ2v) is 4.52. The van der Waals surface area contributed by atoms with E-state index in [1.165, 1.54) is 6.92 Å². The molecule has 4 heteroatoms. The Kier molecular flexibility index (Phi) is 6.25. The van der Waals surface area contributed by atoms with Crippen molar-refractivity contribution in [2.75, 3.05) is 27.2 Å². The highest BCUT2D eigenvalue weighted by molar-refractivity contribution is 5.96. The second-order valence-electron chi connectivity index (χ2n) is 4.52. The lowest BCUT2D eigenvalue weighted by atomic mass is 10.2. The number of hydrogen-bond donors (Lipinski definition) is 0. The van der Waals surface area contributed by atoms with Gasteiger partial charge in [0.2, 0.25) is 0 Å². The fraction of sp³-hybridized carbons (Fsp3) is 0.438. The van der Waals surface area contributed by atoms with E-state index >= 15 is 0 Å². The number of rotatable bonds is 5. The standard InChI is InChI=1S/C14H17NO3.C2H6/c1-10(16)14-9-11-8-12(4-5-13(11)18-14)17-7-6-15(2)3;1-2/h4-5,8-9H,6-7H2,1-3H3;1-2H3. The third-order valence-electron chi connectivity index (χ3n) is 2.64. The Morgan fingerprint density at radius 2 is 1.95 bits per heavy atom. The van der Waals surface area contributed by atoms with Gasteiger partial charge in [0.25, 0.3) is 0 Å². The largest absolute Gasteiger partial charge is 0.492 e. The number of likely N-dealkylation sites (N-methyl/N-ethyl adjacent to an activating group) is 1. The minimum atomic E-state index is -0.0683. The van der Waals surface area contributed by atoms with Crippen molar-refractivity contribution in [1.82, 2.24) is 4.90 Å². The van der Waals surface area contributed by atoms with E-state index in [2.05, 4.69) is 4.90 Å². The summed E-state index contributed by atoms with van der Waals surface area (Å²) in [7, 11) is 4.00. The van der Waals surface area contributed by atoms with Crippen LogP contribution in [0.4, 0.5) is 0 Å². The van der Waals surface area contributed by atoms with Crippen molar-refractivity contribution >= 4 is 16.8 Å². The first-order valence-corrected chi connectivity index (χ1v) is 6.88. The predicted octanol–water partition coefficient (Wildman–Crippen LogP) is 3.60. The van der Waals surface area contributed by atoms with Crippen molar-refractivity contribution in [2.45, 2.75) is 20.8 Å². The Morgan fingerprint density at radius 3 is 2.55 bits per heavy atom. The molecule has 110 valence electrons. The molecule has 0 N–H and O–H groups in total. The minimum Gasteiger partial charge on any atom is -0.492 e. The van der Waals surface area contributed by atoms with Crippen LogP contribution in [0.5, 0.6) is 5.75 Å². The number of furan rings is 1. The van der Waals surface area contributed by atoms with E-state index in [-0.39, 0.29) is 5.78 Å². The fourth-order valence-corrected chi connectivity index (χ4v) is 1.63. The van der Waals surface area contributed by atoms with Crippen molar-refractivity contribution in [2.24, 2.45) is 0 Å². The van der Waals surface area contributed by atoms with Crippen molar-refractivity contribution in [3.05, 3.63) is 30.0 Å². The van der Waals surface area contributed by atoms with Gasteiger partial charge in [-0.25, -0.2) is 0 Å². The molecular weight excluding hydrogens is 254 g/mol. The van der Waals surface area contributed by atoms with Gasteiger partial charge >= 0.3 is 0 Å². The van der Waals surface area contributed by atoms with Crippen LogP contribution in [0.2, 0.25) is 0 Å². The van der Waals surface area contributed by atoms with Crippen LogP contribution in [0.1, 0.15) is 31.3 Å². The molecule has 0 aliphatic rings. The van der Waals surface area contributed by atoms with E-state index in [4.69, 9.17) is 9.15 Å². The van der Waals surface area contributed by atoms with E-state index in [0.29, 0.717) is 18.0 Å². The van der Waals surface area contributed by atoms with Crippen LogP contribution in [0.25, 0.3) is 11.0 Å². The normalized spacial score (nSPS) is 10.3. The number of Topliss-reactive ketones (excluding diaryl/α,β-unsaturated/α-hetero) is 1. The molecule has 0 unspecified atom stereocenters. The zero-order chi connectivity index (χ0) is 15.1. The fourth-order valence-electron chi connectivity index (χ4n) is 1.63. The molecule has 1 heterocycles. The lowest BCUT2D eigenvalue weighted by molar-refractivity contribution is 0.0989.